The van der Waals surface area contributed by atoms with E-state index >= 15 is 0 Å². The van der Waals surface area contributed by atoms with Gasteiger partial charge in [-0.05, 0) is 31.5 Å². The van der Waals surface area contributed by atoms with Crippen molar-refractivity contribution in [2.75, 3.05) is 6.54 Å². The van der Waals surface area contributed by atoms with Crippen LogP contribution in [0.1, 0.15) is 23.0 Å². The molecular formula is C13H15ClFN3. The lowest BCUT2D eigenvalue weighted by Crippen LogP contribution is -2.22. The average Bonchev–Trinajstić information content (AvgIpc) is 2.61. The molecule has 18 heavy (non-hydrogen) atoms. The quantitative estimate of drug-likeness (QED) is 0.929. The number of nitrogens with zero attached hydrogens (tertiary/aromatic N) is 2. The fraction of sp³-hybridized carbons (Fsp3) is 0.308. The van der Waals surface area contributed by atoms with Gasteiger partial charge in [-0.3, -0.25) is 4.68 Å². The van der Waals surface area contributed by atoms with Gasteiger partial charge in [-0.15, -0.1) is 0 Å². The molecule has 0 fully saturated rings. The van der Waals surface area contributed by atoms with E-state index in [9.17, 15) is 4.39 Å². The molecular weight excluding hydrogens is 253 g/mol. The highest BCUT2D eigenvalue weighted by Gasteiger charge is 2.18. The number of aromatic nitrogens is 2. The summed E-state index contributed by atoms with van der Waals surface area (Å²) < 4.78 is 14.7. The summed E-state index contributed by atoms with van der Waals surface area (Å²) in [6.45, 7) is 4.13. The first kappa shape index (κ1) is 13.1. The number of hydrogen-bond donors (Lipinski definition) is 1. The SMILES string of the molecule is Cc1nn(C(CN)c2ccc(F)cc2)c(C)c1Cl. The summed E-state index contributed by atoms with van der Waals surface area (Å²) in [5.41, 5.74) is 8.37. The molecule has 3 nitrogen and oxygen atoms in total. The van der Waals surface area contributed by atoms with Gasteiger partial charge in [0.05, 0.1) is 22.5 Å². The van der Waals surface area contributed by atoms with Crippen LogP contribution in [0.3, 0.4) is 0 Å². The highest BCUT2D eigenvalue weighted by atomic mass is 35.5. The van der Waals surface area contributed by atoms with Gasteiger partial charge in [0, 0.05) is 6.54 Å². The summed E-state index contributed by atoms with van der Waals surface area (Å²) in [5.74, 6) is -0.263. The van der Waals surface area contributed by atoms with E-state index in [4.69, 9.17) is 17.3 Å². The van der Waals surface area contributed by atoms with Crippen LogP contribution in [0.15, 0.2) is 24.3 Å². The van der Waals surface area contributed by atoms with Gasteiger partial charge >= 0.3 is 0 Å². The van der Waals surface area contributed by atoms with Gasteiger partial charge in [-0.2, -0.15) is 5.10 Å². The Morgan fingerprint density at radius 3 is 2.39 bits per heavy atom. The summed E-state index contributed by atoms with van der Waals surface area (Å²) in [4.78, 5) is 0. The predicted octanol–water partition coefficient (Wildman–Crippen LogP) is 2.84. The summed E-state index contributed by atoms with van der Waals surface area (Å²) in [6, 6.07) is 6.15. The molecule has 96 valence electrons. The highest BCUT2D eigenvalue weighted by Crippen LogP contribution is 2.25. The standard InChI is InChI=1S/C13H15ClFN3/c1-8-13(14)9(2)18(17-8)12(7-16)10-3-5-11(15)6-4-10/h3-6,12H,7,16H2,1-2H3. The molecule has 0 spiro atoms. The van der Waals surface area contributed by atoms with Crippen molar-refractivity contribution in [3.8, 4) is 0 Å². The molecule has 2 rings (SSSR count). The zero-order valence-electron chi connectivity index (χ0n) is 10.3. The monoisotopic (exact) mass is 267 g/mol. The van der Waals surface area contributed by atoms with Gasteiger partial charge in [-0.25, -0.2) is 4.39 Å². The lowest BCUT2D eigenvalue weighted by molar-refractivity contribution is 0.515. The first-order chi connectivity index (χ1) is 8.54. The summed E-state index contributed by atoms with van der Waals surface area (Å²) in [5, 5.41) is 5.04. The maximum Gasteiger partial charge on any atom is 0.123 e. The number of nitrogens with two attached hydrogens (primary N) is 1. The third kappa shape index (κ3) is 2.26. The topological polar surface area (TPSA) is 43.8 Å². The number of halogens is 2. The van der Waals surface area contributed by atoms with E-state index in [0.717, 1.165) is 17.0 Å². The van der Waals surface area contributed by atoms with Crippen molar-refractivity contribution in [3.63, 3.8) is 0 Å². The molecule has 2 aromatic rings. The summed E-state index contributed by atoms with van der Waals surface area (Å²) >= 11 is 6.13. The number of aryl methyl sites for hydroxylation is 1. The largest absolute Gasteiger partial charge is 0.328 e. The van der Waals surface area contributed by atoms with Crippen LogP contribution in [0.2, 0.25) is 5.02 Å². The predicted molar refractivity (Wildman–Crippen MR) is 70.3 cm³/mol. The van der Waals surface area contributed by atoms with Gasteiger partial charge in [-0.1, -0.05) is 23.7 Å². The second kappa shape index (κ2) is 5.08. The van der Waals surface area contributed by atoms with E-state index in [1.54, 1.807) is 16.8 Å². The van der Waals surface area contributed by atoms with Crippen LogP contribution >= 0.6 is 11.6 Å². The van der Waals surface area contributed by atoms with E-state index in [1.165, 1.54) is 12.1 Å². The van der Waals surface area contributed by atoms with Crippen molar-refractivity contribution in [1.82, 2.24) is 9.78 Å². The van der Waals surface area contributed by atoms with E-state index in [0.29, 0.717) is 11.6 Å². The van der Waals surface area contributed by atoms with Crippen LogP contribution in [0.4, 0.5) is 4.39 Å². The van der Waals surface area contributed by atoms with Crippen molar-refractivity contribution in [1.29, 1.82) is 0 Å². The molecule has 1 aromatic heterocycles. The van der Waals surface area contributed by atoms with Crippen LogP contribution in [-0.2, 0) is 0 Å². The molecule has 0 radical (unpaired) electrons. The van der Waals surface area contributed by atoms with Crippen molar-refractivity contribution in [3.05, 3.63) is 52.1 Å². The maximum atomic E-state index is 12.9. The third-order valence-electron chi connectivity index (χ3n) is 3.01. The Kier molecular flexibility index (Phi) is 3.68. The van der Waals surface area contributed by atoms with Crippen molar-refractivity contribution < 1.29 is 4.39 Å². The van der Waals surface area contributed by atoms with Crippen LogP contribution < -0.4 is 5.73 Å². The molecule has 1 aromatic carbocycles. The molecule has 0 aliphatic rings. The zero-order valence-corrected chi connectivity index (χ0v) is 11.1. The van der Waals surface area contributed by atoms with E-state index < -0.39 is 0 Å². The molecule has 2 N–H and O–H groups in total. The van der Waals surface area contributed by atoms with Gasteiger partial charge in [0.25, 0.3) is 0 Å². The van der Waals surface area contributed by atoms with Crippen LogP contribution in [0, 0.1) is 19.7 Å². The van der Waals surface area contributed by atoms with Crippen LogP contribution in [0.25, 0.3) is 0 Å². The maximum absolute atomic E-state index is 12.9. The molecule has 1 heterocycles. The second-order valence-corrected chi connectivity index (χ2v) is 4.61. The van der Waals surface area contributed by atoms with Crippen LogP contribution in [-0.4, -0.2) is 16.3 Å². The lowest BCUT2D eigenvalue weighted by atomic mass is 10.1. The molecule has 0 saturated carbocycles. The Hall–Kier alpha value is -1.39. The highest BCUT2D eigenvalue weighted by molar-refractivity contribution is 6.31. The molecule has 0 saturated heterocycles. The molecule has 0 aliphatic heterocycles. The third-order valence-corrected chi connectivity index (χ3v) is 3.56. The van der Waals surface area contributed by atoms with E-state index in [-0.39, 0.29) is 11.9 Å². The van der Waals surface area contributed by atoms with Crippen molar-refractivity contribution in [2.24, 2.45) is 5.73 Å². The van der Waals surface area contributed by atoms with E-state index in [1.807, 2.05) is 13.8 Å². The van der Waals surface area contributed by atoms with E-state index in [2.05, 4.69) is 5.10 Å². The fourth-order valence-electron chi connectivity index (χ4n) is 2.01. The molecule has 0 amide bonds. The average molecular weight is 268 g/mol. The normalized spacial score (nSPS) is 12.7. The van der Waals surface area contributed by atoms with Crippen molar-refractivity contribution in [2.45, 2.75) is 19.9 Å². The van der Waals surface area contributed by atoms with Crippen LogP contribution in [0.5, 0.6) is 0 Å². The molecule has 1 atom stereocenters. The minimum atomic E-state index is -0.263. The van der Waals surface area contributed by atoms with Gasteiger partial charge in [0.15, 0.2) is 0 Å². The summed E-state index contributed by atoms with van der Waals surface area (Å²) in [6.07, 6.45) is 0. The number of benzene rings is 1. The minimum Gasteiger partial charge on any atom is -0.328 e. The minimum absolute atomic E-state index is 0.128. The zero-order chi connectivity index (χ0) is 13.3. The number of hydrogen-bond acceptors (Lipinski definition) is 2. The Morgan fingerprint density at radius 2 is 1.94 bits per heavy atom. The van der Waals surface area contributed by atoms with Crippen molar-refractivity contribution >= 4 is 11.6 Å². The first-order valence-electron chi connectivity index (χ1n) is 5.71. The smallest absolute Gasteiger partial charge is 0.123 e. The molecule has 5 heteroatoms. The summed E-state index contributed by atoms with van der Waals surface area (Å²) in [7, 11) is 0. The van der Waals surface area contributed by atoms with Gasteiger partial charge < -0.3 is 5.73 Å². The van der Waals surface area contributed by atoms with Gasteiger partial charge in [0.2, 0.25) is 0 Å². The Labute approximate surface area is 110 Å². The molecule has 0 bridgehead atoms. The first-order valence-corrected chi connectivity index (χ1v) is 6.09. The lowest BCUT2D eigenvalue weighted by Gasteiger charge is -2.17. The Bertz CT molecular complexity index is 548. The Balaban J connectivity index is 2.45. The van der Waals surface area contributed by atoms with Gasteiger partial charge in [0.1, 0.15) is 5.82 Å². The Morgan fingerprint density at radius 1 is 1.33 bits per heavy atom. The number of rotatable bonds is 3. The molecule has 1 unspecified atom stereocenters. The molecule has 0 aliphatic carbocycles. The fourth-order valence-corrected chi connectivity index (χ4v) is 2.13. The second-order valence-electron chi connectivity index (χ2n) is 4.23.